The molecule has 122 valence electrons. The minimum atomic E-state index is -0.0784. The molecule has 0 aromatic rings. The van der Waals surface area contributed by atoms with E-state index >= 15 is 0 Å². The van der Waals surface area contributed by atoms with Crippen molar-refractivity contribution in [2.24, 2.45) is 0 Å². The summed E-state index contributed by atoms with van der Waals surface area (Å²) < 4.78 is 5.37. The second-order valence-corrected chi connectivity index (χ2v) is 5.72. The molecule has 1 atom stereocenters. The van der Waals surface area contributed by atoms with Gasteiger partial charge in [-0.3, -0.25) is 4.79 Å². The fourth-order valence-electron chi connectivity index (χ4n) is 2.07. The summed E-state index contributed by atoms with van der Waals surface area (Å²) in [5, 5.41) is 0. The Balaban J connectivity index is 0. The third-order valence-corrected chi connectivity index (χ3v) is 3.25. The minimum Gasteiger partial charge on any atom is -0.463 e. The molecular formula is C16H31NO3U. The average Bonchev–Trinajstić information content (AvgIpc) is 2.37. The summed E-state index contributed by atoms with van der Waals surface area (Å²) in [6.45, 7) is 2.89. The molecule has 0 amide bonds. The SMILES string of the molecule is CC(CCCCCCCC=O)OC(=O)CCCN(C)C.[U]. The van der Waals surface area contributed by atoms with E-state index in [-0.39, 0.29) is 43.2 Å². The topological polar surface area (TPSA) is 46.6 Å². The molecule has 0 aliphatic rings. The Morgan fingerprint density at radius 1 is 1.10 bits per heavy atom. The Bertz CT molecular complexity index is 260. The van der Waals surface area contributed by atoms with Crippen molar-refractivity contribution in [2.75, 3.05) is 20.6 Å². The number of carbonyl (C=O) groups is 2. The van der Waals surface area contributed by atoms with Gasteiger partial charge < -0.3 is 14.4 Å². The van der Waals surface area contributed by atoms with Gasteiger partial charge in [0.25, 0.3) is 0 Å². The quantitative estimate of drug-likeness (QED) is 0.212. The van der Waals surface area contributed by atoms with Crippen molar-refractivity contribution in [3.63, 3.8) is 0 Å². The fraction of sp³-hybridized carbons (Fsp3) is 0.875. The van der Waals surface area contributed by atoms with E-state index in [1.54, 1.807) is 0 Å². The van der Waals surface area contributed by atoms with Crippen molar-refractivity contribution in [3.05, 3.63) is 0 Å². The number of hydrogen-bond donors (Lipinski definition) is 0. The Kier molecular flexibility index (Phi) is 18.4. The number of carbonyl (C=O) groups excluding carboxylic acids is 2. The van der Waals surface area contributed by atoms with E-state index in [2.05, 4.69) is 4.90 Å². The summed E-state index contributed by atoms with van der Waals surface area (Å²) in [5.74, 6) is -0.0784. The standard InChI is InChI=1S/C16H31NO3.U/c1-15(11-8-6-4-5-7-9-14-18)20-16(19)12-10-13-17(2)3;/h14-15H,4-13H2,1-3H3;. The second-order valence-electron chi connectivity index (χ2n) is 5.72. The first kappa shape index (κ1) is 23.4. The van der Waals surface area contributed by atoms with E-state index in [1.807, 2.05) is 21.0 Å². The zero-order chi connectivity index (χ0) is 15.2. The van der Waals surface area contributed by atoms with Crippen LogP contribution in [0.5, 0.6) is 0 Å². The van der Waals surface area contributed by atoms with Crippen LogP contribution in [0.25, 0.3) is 0 Å². The summed E-state index contributed by atoms with van der Waals surface area (Å²) >= 11 is 0. The number of aldehydes is 1. The maximum absolute atomic E-state index is 11.6. The molecule has 0 aromatic carbocycles. The molecule has 1 unspecified atom stereocenters. The largest absolute Gasteiger partial charge is 0.463 e. The van der Waals surface area contributed by atoms with Gasteiger partial charge in [-0.05, 0) is 53.2 Å². The van der Waals surface area contributed by atoms with Crippen LogP contribution in [-0.2, 0) is 14.3 Å². The van der Waals surface area contributed by atoms with Gasteiger partial charge in [0.1, 0.15) is 6.29 Å². The minimum absolute atomic E-state index is 0. The number of unbranched alkanes of at least 4 members (excludes halogenated alkanes) is 5. The molecule has 0 aliphatic carbocycles. The predicted octanol–water partition coefficient (Wildman–Crippen LogP) is 3.19. The number of esters is 1. The number of nitrogens with zero attached hydrogens (tertiary/aromatic N) is 1. The summed E-state index contributed by atoms with van der Waals surface area (Å²) in [7, 11) is 4.01. The van der Waals surface area contributed by atoms with Gasteiger partial charge in [0.15, 0.2) is 0 Å². The van der Waals surface area contributed by atoms with Gasteiger partial charge in [-0.2, -0.15) is 0 Å². The molecule has 0 aliphatic heterocycles. The van der Waals surface area contributed by atoms with Gasteiger partial charge in [0.05, 0.1) is 6.10 Å². The average molecular weight is 523 g/mol. The fourth-order valence-corrected chi connectivity index (χ4v) is 2.07. The first-order valence-corrected chi connectivity index (χ1v) is 7.84. The van der Waals surface area contributed by atoms with Crippen LogP contribution in [0, 0.1) is 31.1 Å². The third-order valence-electron chi connectivity index (χ3n) is 3.25. The van der Waals surface area contributed by atoms with Crippen LogP contribution in [0.2, 0.25) is 0 Å². The molecule has 0 heterocycles. The maximum atomic E-state index is 11.6. The number of hydrogen-bond acceptors (Lipinski definition) is 4. The van der Waals surface area contributed by atoms with Gasteiger partial charge in [0, 0.05) is 44.0 Å². The van der Waals surface area contributed by atoms with Crippen molar-refractivity contribution in [2.45, 2.75) is 70.8 Å². The van der Waals surface area contributed by atoms with Crippen molar-refractivity contribution in [1.29, 1.82) is 0 Å². The van der Waals surface area contributed by atoms with Crippen molar-refractivity contribution in [3.8, 4) is 0 Å². The molecule has 4 nitrogen and oxygen atoms in total. The maximum Gasteiger partial charge on any atom is 0.306 e. The van der Waals surface area contributed by atoms with Crippen LogP contribution in [0.4, 0.5) is 0 Å². The molecule has 0 rings (SSSR count). The van der Waals surface area contributed by atoms with E-state index in [0.717, 1.165) is 57.8 Å². The van der Waals surface area contributed by atoms with E-state index < -0.39 is 0 Å². The molecule has 0 saturated heterocycles. The molecule has 0 aromatic heterocycles. The van der Waals surface area contributed by atoms with Crippen LogP contribution in [0.15, 0.2) is 0 Å². The van der Waals surface area contributed by atoms with Crippen molar-refractivity contribution in [1.82, 2.24) is 4.90 Å². The molecule has 0 saturated carbocycles. The van der Waals surface area contributed by atoms with E-state index in [1.165, 1.54) is 0 Å². The monoisotopic (exact) mass is 523 g/mol. The Hall–Kier alpha value is 0.152. The predicted molar refractivity (Wildman–Crippen MR) is 81.7 cm³/mol. The van der Waals surface area contributed by atoms with E-state index in [9.17, 15) is 9.59 Å². The first-order chi connectivity index (χ1) is 9.56. The van der Waals surface area contributed by atoms with Crippen LogP contribution in [0.3, 0.4) is 0 Å². The Labute approximate surface area is 153 Å². The molecule has 0 radical (unpaired) electrons. The smallest absolute Gasteiger partial charge is 0.306 e. The van der Waals surface area contributed by atoms with Crippen LogP contribution in [-0.4, -0.2) is 43.9 Å². The third kappa shape index (κ3) is 18.1. The summed E-state index contributed by atoms with van der Waals surface area (Å²) in [4.78, 5) is 23.8. The zero-order valence-electron chi connectivity index (χ0n) is 13.9. The molecule has 0 fully saturated rings. The Morgan fingerprint density at radius 2 is 1.71 bits per heavy atom. The van der Waals surface area contributed by atoms with E-state index in [4.69, 9.17) is 4.74 Å². The second kappa shape index (κ2) is 16.5. The van der Waals surface area contributed by atoms with Gasteiger partial charge in [-0.15, -0.1) is 0 Å². The molecule has 5 heteroatoms. The van der Waals surface area contributed by atoms with Gasteiger partial charge >= 0.3 is 5.97 Å². The van der Waals surface area contributed by atoms with Crippen molar-refractivity contribution >= 4 is 12.3 Å². The summed E-state index contributed by atoms with van der Waals surface area (Å²) in [6.07, 6.45) is 9.52. The summed E-state index contributed by atoms with van der Waals surface area (Å²) in [6, 6.07) is 0. The van der Waals surface area contributed by atoms with Gasteiger partial charge in [-0.25, -0.2) is 0 Å². The summed E-state index contributed by atoms with van der Waals surface area (Å²) in [5.41, 5.74) is 0. The van der Waals surface area contributed by atoms with Gasteiger partial charge in [0.2, 0.25) is 0 Å². The van der Waals surface area contributed by atoms with Gasteiger partial charge in [-0.1, -0.05) is 19.3 Å². The van der Waals surface area contributed by atoms with Crippen LogP contribution in [0.1, 0.15) is 64.7 Å². The molecule has 0 spiro atoms. The number of ether oxygens (including phenoxy) is 1. The molecule has 21 heavy (non-hydrogen) atoms. The van der Waals surface area contributed by atoms with E-state index in [0.29, 0.717) is 12.8 Å². The normalized spacial score (nSPS) is 11.8. The zero-order valence-corrected chi connectivity index (χ0v) is 18.1. The molecule has 0 bridgehead atoms. The van der Waals surface area contributed by atoms with Crippen molar-refractivity contribution < 1.29 is 45.4 Å². The van der Waals surface area contributed by atoms with Crippen LogP contribution < -0.4 is 0 Å². The number of rotatable bonds is 13. The Morgan fingerprint density at radius 3 is 2.33 bits per heavy atom. The molecular weight excluding hydrogens is 492 g/mol. The van der Waals surface area contributed by atoms with Crippen LogP contribution >= 0.6 is 0 Å². The first-order valence-electron chi connectivity index (χ1n) is 7.84. The molecule has 0 N–H and O–H groups in total.